The van der Waals surface area contributed by atoms with E-state index in [9.17, 15) is 4.79 Å². The van der Waals surface area contributed by atoms with Gasteiger partial charge < -0.3 is 4.74 Å². The Kier molecular flexibility index (Phi) is 5.36. The van der Waals surface area contributed by atoms with Crippen molar-refractivity contribution < 1.29 is 9.53 Å². The molecule has 3 aromatic rings. The topological polar surface area (TPSA) is 51.2 Å². The van der Waals surface area contributed by atoms with Gasteiger partial charge in [0.05, 0.1) is 5.69 Å². The van der Waals surface area contributed by atoms with Gasteiger partial charge in [-0.2, -0.15) is 0 Å². The molecule has 0 fully saturated rings. The minimum Gasteiger partial charge on any atom is -0.484 e. The Hall–Kier alpha value is -2.37. The molecule has 128 valence electrons. The normalized spacial score (nSPS) is 10.5. The number of aryl methyl sites for hydroxylation is 2. The molecule has 4 nitrogen and oxygen atoms in total. The molecule has 0 saturated heterocycles. The number of carbonyl (C=O) groups excluding carboxylic acids is 1. The summed E-state index contributed by atoms with van der Waals surface area (Å²) in [5.74, 6) is 0.419. The van der Waals surface area contributed by atoms with Crippen LogP contribution in [0.5, 0.6) is 5.75 Å². The highest BCUT2D eigenvalue weighted by Gasteiger charge is 2.12. The second-order valence-corrected chi connectivity index (χ2v) is 7.22. The highest BCUT2D eigenvalue weighted by atomic mass is 35.5. The molecule has 1 amide bonds. The first-order valence-corrected chi connectivity index (χ1v) is 8.93. The number of hydrogen-bond donors (Lipinski definition) is 1. The van der Waals surface area contributed by atoms with Gasteiger partial charge in [-0.05, 0) is 38.1 Å². The zero-order valence-corrected chi connectivity index (χ0v) is 15.4. The third-order valence-electron chi connectivity index (χ3n) is 3.53. The predicted octanol–water partition coefficient (Wildman–Crippen LogP) is 5.10. The molecule has 0 unspecified atom stereocenters. The maximum atomic E-state index is 12.1. The van der Waals surface area contributed by atoms with Crippen molar-refractivity contribution in [2.45, 2.75) is 13.8 Å². The predicted molar refractivity (Wildman–Crippen MR) is 103 cm³/mol. The summed E-state index contributed by atoms with van der Waals surface area (Å²) in [5, 5.41) is 3.98. The molecule has 0 atom stereocenters. The molecule has 2 aromatic carbocycles. The van der Waals surface area contributed by atoms with Gasteiger partial charge in [-0.3, -0.25) is 10.1 Å². The van der Waals surface area contributed by atoms with Gasteiger partial charge in [0.2, 0.25) is 0 Å². The minimum absolute atomic E-state index is 0.0613. The van der Waals surface area contributed by atoms with E-state index >= 15 is 0 Å². The lowest BCUT2D eigenvalue weighted by Crippen LogP contribution is -2.20. The number of rotatable bonds is 5. The minimum atomic E-state index is -0.244. The lowest BCUT2D eigenvalue weighted by molar-refractivity contribution is -0.118. The number of ether oxygens (including phenoxy) is 1. The Morgan fingerprint density at radius 2 is 1.96 bits per heavy atom. The Morgan fingerprint density at radius 3 is 2.68 bits per heavy atom. The zero-order valence-electron chi connectivity index (χ0n) is 13.9. The van der Waals surface area contributed by atoms with Crippen LogP contribution in [0.4, 0.5) is 5.13 Å². The molecule has 0 bridgehead atoms. The fraction of sp³-hybridized carbons (Fsp3) is 0.158. The van der Waals surface area contributed by atoms with E-state index in [2.05, 4.69) is 10.3 Å². The third kappa shape index (κ3) is 4.59. The molecule has 1 heterocycles. The first kappa shape index (κ1) is 17.5. The summed E-state index contributed by atoms with van der Waals surface area (Å²) < 4.78 is 5.48. The fourth-order valence-electron chi connectivity index (χ4n) is 2.29. The van der Waals surface area contributed by atoms with Crippen LogP contribution in [0, 0.1) is 13.8 Å². The Morgan fingerprint density at radius 1 is 1.20 bits per heavy atom. The molecule has 3 rings (SSSR count). The molecule has 0 radical (unpaired) electrons. The number of halogens is 1. The third-order valence-corrected chi connectivity index (χ3v) is 4.65. The van der Waals surface area contributed by atoms with Crippen LogP contribution in [0.1, 0.15) is 10.4 Å². The largest absolute Gasteiger partial charge is 0.484 e. The summed E-state index contributed by atoms with van der Waals surface area (Å²) in [6.07, 6.45) is 0. The van der Waals surface area contributed by atoms with Crippen LogP contribution in [0.2, 0.25) is 5.02 Å². The van der Waals surface area contributed by atoms with Crippen LogP contribution in [0.3, 0.4) is 0 Å². The standard InChI is InChI=1S/C19H17ClN2O2S/c1-12-6-8-16(9-7-12)24-11-17(23)21-19-22-18(13(2)25-19)14-4-3-5-15(20)10-14/h3-10H,11H2,1-2H3,(H,21,22,23). The summed E-state index contributed by atoms with van der Waals surface area (Å²) in [7, 11) is 0. The summed E-state index contributed by atoms with van der Waals surface area (Å²) in [4.78, 5) is 17.6. The van der Waals surface area contributed by atoms with Crippen molar-refractivity contribution in [1.29, 1.82) is 0 Å². The molecule has 0 aliphatic heterocycles. The Labute approximate surface area is 155 Å². The average Bonchev–Trinajstić information content (AvgIpc) is 2.94. The number of carbonyl (C=O) groups is 1. The summed E-state index contributed by atoms with van der Waals surface area (Å²) in [5.41, 5.74) is 2.89. The molecular formula is C19H17ClN2O2S. The summed E-state index contributed by atoms with van der Waals surface area (Å²) in [6.45, 7) is 3.90. The van der Waals surface area contributed by atoms with Crippen molar-refractivity contribution in [2.75, 3.05) is 11.9 Å². The van der Waals surface area contributed by atoms with Crippen LogP contribution < -0.4 is 10.1 Å². The second-order valence-electron chi connectivity index (χ2n) is 5.58. The van der Waals surface area contributed by atoms with Crippen LogP contribution >= 0.6 is 22.9 Å². The van der Waals surface area contributed by atoms with Crippen molar-refractivity contribution in [3.8, 4) is 17.0 Å². The maximum Gasteiger partial charge on any atom is 0.264 e. The average molecular weight is 373 g/mol. The Bertz CT molecular complexity index is 891. The fourth-order valence-corrected chi connectivity index (χ4v) is 3.33. The monoisotopic (exact) mass is 372 g/mol. The first-order valence-electron chi connectivity index (χ1n) is 7.74. The van der Waals surface area contributed by atoms with E-state index in [1.165, 1.54) is 11.3 Å². The molecular weight excluding hydrogens is 356 g/mol. The molecule has 0 spiro atoms. The van der Waals surface area contributed by atoms with Gasteiger partial charge in [0, 0.05) is 15.5 Å². The van der Waals surface area contributed by atoms with E-state index < -0.39 is 0 Å². The van der Waals surface area contributed by atoms with Crippen LogP contribution in [-0.4, -0.2) is 17.5 Å². The van der Waals surface area contributed by atoms with Crippen molar-refractivity contribution in [3.63, 3.8) is 0 Å². The molecule has 0 aliphatic rings. The highest BCUT2D eigenvalue weighted by Crippen LogP contribution is 2.31. The lowest BCUT2D eigenvalue weighted by atomic mass is 10.1. The van der Waals surface area contributed by atoms with E-state index in [1.54, 1.807) is 0 Å². The van der Waals surface area contributed by atoms with Gasteiger partial charge in [0.25, 0.3) is 5.91 Å². The van der Waals surface area contributed by atoms with Gasteiger partial charge in [-0.1, -0.05) is 41.4 Å². The highest BCUT2D eigenvalue weighted by molar-refractivity contribution is 7.16. The van der Waals surface area contributed by atoms with E-state index in [0.29, 0.717) is 15.9 Å². The molecule has 1 aromatic heterocycles. The van der Waals surface area contributed by atoms with Crippen LogP contribution in [-0.2, 0) is 4.79 Å². The smallest absolute Gasteiger partial charge is 0.264 e. The second kappa shape index (κ2) is 7.68. The Balaban J connectivity index is 1.64. The SMILES string of the molecule is Cc1ccc(OCC(=O)Nc2nc(-c3cccc(Cl)c3)c(C)s2)cc1. The number of nitrogens with zero attached hydrogens (tertiary/aromatic N) is 1. The van der Waals surface area contributed by atoms with Crippen LogP contribution in [0.25, 0.3) is 11.3 Å². The van der Waals surface area contributed by atoms with Gasteiger partial charge in [0.1, 0.15) is 5.75 Å². The van der Waals surface area contributed by atoms with Gasteiger partial charge in [0.15, 0.2) is 11.7 Å². The number of amides is 1. The maximum absolute atomic E-state index is 12.1. The number of nitrogens with one attached hydrogen (secondary N) is 1. The van der Waals surface area contributed by atoms with E-state index in [-0.39, 0.29) is 12.5 Å². The quantitative estimate of drug-likeness (QED) is 0.678. The zero-order chi connectivity index (χ0) is 17.8. The van der Waals surface area contributed by atoms with Gasteiger partial charge >= 0.3 is 0 Å². The van der Waals surface area contributed by atoms with Crippen molar-refractivity contribution in [3.05, 3.63) is 64.0 Å². The molecule has 25 heavy (non-hydrogen) atoms. The molecule has 1 N–H and O–H groups in total. The number of aromatic nitrogens is 1. The van der Waals surface area contributed by atoms with E-state index in [4.69, 9.17) is 16.3 Å². The van der Waals surface area contributed by atoms with Crippen molar-refractivity contribution in [1.82, 2.24) is 4.98 Å². The van der Waals surface area contributed by atoms with Crippen molar-refractivity contribution >= 4 is 34.0 Å². The van der Waals surface area contributed by atoms with Gasteiger partial charge in [-0.25, -0.2) is 4.98 Å². The summed E-state index contributed by atoms with van der Waals surface area (Å²) >= 11 is 7.46. The van der Waals surface area contributed by atoms with Crippen LogP contribution in [0.15, 0.2) is 48.5 Å². The molecule has 0 aliphatic carbocycles. The summed E-state index contributed by atoms with van der Waals surface area (Å²) in [6, 6.07) is 15.1. The number of benzene rings is 2. The molecule has 0 saturated carbocycles. The van der Waals surface area contributed by atoms with E-state index in [1.807, 2.05) is 62.4 Å². The lowest BCUT2D eigenvalue weighted by Gasteiger charge is -2.06. The number of anilines is 1. The van der Waals surface area contributed by atoms with Gasteiger partial charge in [-0.15, -0.1) is 11.3 Å². The molecule has 6 heteroatoms. The number of hydrogen-bond acceptors (Lipinski definition) is 4. The van der Waals surface area contributed by atoms with E-state index in [0.717, 1.165) is 21.7 Å². The first-order chi connectivity index (χ1) is 12.0. The number of thiazole rings is 1. The van der Waals surface area contributed by atoms with Crippen molar-refractivity contribution in [2.24, 2.45) is 0 Å².